The topological polar surface area (TPSA) is 52.6 Å². The number of carbonyl (C=O) groups is 2. The van der Waals surface area contributed by atoms with E-state index in [1.807, 2.05) is 30.3 Å². The van der Waals surface area contributed by atoms with Crippen molar-refractivity contribution in [1.29, 1.82) is 0 Å². The molecule has 0 saturated carbocycles. The molecule has 0 aliphatic carbocycles. The number of allylic oxidation sites excluding steroid dienone is 1. The maximum Gasteiger partial charge on any atom is 0.308 e. The molecule has 0 fully saturated rings. The van der Waals surface area contributed by atoms with E-state index >= 15 is 0 Å². The van der Waals surface area contributed by atoms with E-state index in [2.05, 4.69) is 13.0 Å². The Bertz CT molecular complexity index is 727. The minimum atomic E-state index is -0.330. The Hall–Kier alpha value is -2.88. The van der Waals surface area contributed by atoms with Crippen LogP contribution in [0.25, 0.3) is 6.08 Å². The first-order chi connectivity index (χ1) is 11.4. The van der Waals surface area contributed by atoms with Gasteiger partial charge in [0, 0.05) is 13.8 Å². The van der Waals surface area contributed by atoms with Crippen LogP contribution in [-0.4, -0.2) is 11.9 Å². The summed E-state index contributed by atoms with van der Waals surface area (Å²) in [6, 6.07) is 14.8. The van der Waals surface area contributed by atoms with Gasteiger partial charge in [-0.15, -0.1) is 0 Å². The lowest BCUT2D eigenvalue weighted by molar-refractivity contribution is -0.132. The first kappa shape index (κ1) is 17.5. The normalized spacial score (nSPS) is 12.0. The summed E-state index contributed by atoms with van der Waals surface area (Å²) in [4.78, 5) is 21.8. The molecule has 0 radical (unpaired) electrons. The Kier molecular flexibility index (Phi) is 5.90. The van der Waals surface area contributed by atoms with Crippen LogP contribution in [0.4, 0.5) is 0 Å². The Morgan fingerprint density at radius 2 is 1.29 bits per heavy atom. The predicted molar refractivity (Wildman–Crippen MR) is 93.0 cm³/mol. The van der Waals surface area contributed by atoms with Crippen molar-refractivity contribution < 1.29 is 19.1 Å². The highest BCUT2D eigenvalue weighted by Gasteiger charge is 2.03. The summed E-state index contributed by atoms with van der Waals surface area (Å²) >= 11 is 0. The van der Waals surface area contributed by atoms with Crippen molar-refractivity contribution in [3.8, 4) is 11.5 Å². The summed E-state index contributed by atoms with van der Waals surface area (Å²) in [7, 11) is 0. The molecule has 0 amide bonds. The molecule has 0 N–H and O–H groups in total. The van der Waals surface area contributed by atoms with Gasteiger partial charge < -0.3 is 9.47 Å². The van der Waals surface area contributed by atoms with Crippen molar-refractivity contribution in [1.82, 2.24) is 0 Å². The van der Waals surface area contributed by atoms with E-state index in [1.165, 1.54) is 13.8 Å². The van der Waals surface area contributed by atoms with Gasteiger partial charge >= 0.3 is 11.9 Å². The Morgan fingerprint density at radius 1 is 0.833 bits per heavy atom. The molecule has 2 rings (SSSR count). The van der Waals surface area contributed by atoms with Gasteiger partial charge in [-0.2, -0.15) is 0 Å². The highest BCUT2D eigenvalue weighted by Crippen LogP contribution is 2.22. The largest absolute Gasteiger partial charge is 0.427 e. The lowest BCUT2D eigenvalue weighted by Crippen LogP contribution is -2.01. The van der Waals surface area contributed by atoms with Gasteiger partial charge in [0.15, 0.2) is 0 Å². The molecule has 0 bridgehead atoms. The molecule has 24 heavy (non-hydrogen) atoms. The second-order valence-corrected chi connectivity index (χ2v) is 5.47. The van der Waals surface area contributed by atoms with E-state index in [0.717, 1.165) is 11.1 Å². The van der Waals surface area contributed by atoms with Crippen LogP contribution in [0.15, 0.2) is 54.6 Å². The first-order valence-corrected chi connectivity index (χ1v) is 7.69. The molecule has 0 aliphatic heterocycles. The van der Waals surface area contributed by atoms with Crippen molar-refractivity contribution in [2.24, 2.45) is 0 Å². The highest BCUT2D eigenvalue weighted by atomic mass is 16.5. The van der Waals surface area contributed by atoms with Crippen molar-refractivity contribution in [2.45, 2.75) is 26.7 Å². The van der Waals surface area contributed by atoms with E-state index in [1.54, 1.807) is 24.3 Å². The van der Waals surface area contributed by atoms with Crippen molar-refractivity contribution in [3.63, 3.8) is 0 Å². The predicted octanol–water partition coefficient (Wildman–Crippen LogP) is 4.35. The van der Waals surface area contributed by atoms with E-state index in [0.29, 0.717) is 11.5 Å². The maximum absolute atomic E-state index is 10.9. The molecule has 2 aromatic rings. The molecule has 0 aromatic heterocycles. The van der Waals surface area contributed by atoms with Gasteiger partial charge in [-0.25, -0.2) is 0 Å². The van der Waals surface area contributed by atoms with E-state index in [-0.39, 0.29) is 17.9 Å². The number of esters is 2. The van der Waals surface area contributed by atoms with Gasteiger partial charge in [-0.3, -0.25) is 9.59 Å². The molecule has 0 aliphatic rings. The van der Waals surface area contributed by atoms with Crippen molar-refractivity contribution in [2.75, 3.05) is 0 Å². The second kappa shape index (κ2) is 8.11. The number of hydrogen-bond donors (Lipinski definition) is 0. The third-order valence-corrected chi connectivity index (χ3v) is 3.39. The molecular formula is C20H20O4. The van der Waals surface area contributed by atoms with Gasteiger partial charge in [0.25, 0.3) is 0 Å². The van der Waals surface area contributed by atoms with Crippen LogP contribution in [0.2, 0.25) is 0 Å². The van der Waals surface area contributed by atoms with Crippen LogP contribution in [-0.2, 0) is 9.59 Å². The molecule has 0 spiro atoms. The average molecular weight is 324 g/mol. The summed E-state index contributed by atoms with van der Waals surface area (Å²) in [5, 5.41) is 0. The number of hydrogen-bond acceptors (Lipinski definition) is 4. The molecule has 0 saturated heterocycles. The van der Waals surface area contributed by atoms with Gasteiger partial charge in [-0.1, -0.05) is 43.3 Å². The number of ether oxygens (including phenoxy) is 2. The molecule has 0 heterocycles. The molecule has 1 atom stereocenters. The Balaban J connectivity index is 2.00. The van der Waals surface area contributed by atoms with Gasteiger partial charge in [0.2, 0.25) is 0 Å². The van der Waals surface area contributed by atoms with Gasteiger partial charge in [0.1, 0.15) is 11.5 Å². The fourth-order valence-corrected chi connectivity index (χ4v) is 2.18. The fraction of sp³-hybridized carbons (Fsp3) is 0.200. The fourth-order valence-electron chi connectivity index (χ4n) is 2.18. The third-order valence-electron chi connectivity index (χ3n) is 3.39. The molecule has 4 heteroatoms. The van der Waals surface area contributed by atoms with E-state index < -0.39 is 0 Å². The number of rotatable bonds is 5. The van der Waals surface area contributed by atoms with Crippen LogP contribution >= 0.6 is 0 Å². The van der Waals surface area contributed by atoms with Gasteiger partial charge in [-0.05, 0) is 41.3 Å². The monoisotopic (exact) mass is 324 g/mol. The average Bonchev–Trinajstić information content (AvgIpc) is 2.53. The quantitative estimate of drug-likeness (QED) is 0.606. The lowest BCUT2D eigenvalue weighted by atomic mass is 10.00. The summed E-state index contributed by atoms with van der Waals surface area (Å²) in [5.41, 5.74) is 2.15. The van der Waals surface area contributed by atoms with Crippen LogP contribution < -0.4 is 9.47 Å². The van der Waals surface area contributed by atoms with Crippen LogP contribution in [0, 0.1) is 0 Å². The third kappa shape index (κ3) is 5.39. The molecule has 2 aromatic carbocycles. The summed E-state index contributed by atoms with van der Waals surface area (Å²) in [6.45, 7) is 4.85. The first-order valence-electron chi connectivity index (χ1n) is 7.69. The zero-order valence-electron chi connectivity index (χ0n) is 14.0. The van der Waals surface area contributed by atoms with E-state index in [4.69, 9.17) is 9.47 Å². The smallest absolute Gasteiger partial charge is 0.308 e. The minimum Gasteiger partial charge on any atom is -0.427 e. The molecular weight excluding hydrogens is 304 g/mol. The number of carbonyl (C=O) groups excluding carboxylic acids is 2. The summed E-state index contributed by atoms with van der Waals surface area (Å²) in [6.07, 6.45) is 4.10. The lowest BCUT2D eigenvalue weighted by Gasteiger charge is -2.08. The van der Waals surface area contributed by atoms with Gasteiger partial charge in [0.05, 0.1) is 0 Å². The van der Waals surface area contributed by atoms with Crippen molar-refractivity contribution in [3.05, 3.63) is 65.7 Å². The standard InChI is InChI=1S/C20H20O4/c1-14(18-8-12-20(13-9-18)24-16(3)22)4-5-17-6-10-19(11-7-17)23-15(2)21/h4-14H,1-3H3/b5-4+. The molecule has 124 valence electrons. The van der Waals surface area contributed by atoms with Crippen LogP contribution in [0.5, 0.6) is 11.5 Å². The van der Waals surface area contributed by atoms with Crippen LogP contribution in [0.3, 0.4) is 0 Å². The molecule has 4 nitrogen and oxygen atoms in total. The summed E-state index contributed by atoms with van der Waals surface area (Å²) in [5.74, 6) is 0.638. The SMILES string of the molecule is CC(=O)Oc1ccc(/C=C/C(C)c2ccc(OC(C)=O)cc2)cc1. The zero-order chi connectivity index (χ0) is 17.5. The zero-order valence-corrected chi connectivity index (χ0v) is 14.0. The maximum atomic E-state index is 10.9. The summed E-state index contributed by atoms with van der Waals surface area (Å²) < 4.78 is 10.0. The minimum absolute atomic E-state index is 0.213. The Labute approximate surface area is 141 Å². The van der Waals surface area contributed by atoms with Crippen molar-refractivity contribution >= 4 is 18.0 Å². The molecule has 1 unspecified atom stereocenters. The highest BCUT2D eigenvalue weighted by molar-refractivity contribution is 5.69. The van der Waals surface area contributed by atoms with Crippen LogP contribution in [0.1, 0.15) is 37.8 Å². The van der Waals surface area contributed by atoms with E-state index in [9.17, 15) is 9.59 Å². The Morgan fingerprint density at radius 3 is 1.75 bits per heavy atom. The second-order valence-electron chi connectivity index (χ2n) is 5.47. The number of benzene rings is 2.